The molecule has 0 aliphatic carbocycles. The van der Waals surface area contributed by atoms with Gasteiger partial charge in [-0.1, -0.05) is 37.9 Å². The largest absolute Gasteiger partial charge is 0.493 e. The van der Waals surface area contributed by atoms with Crippen LogP contribution in [0.3, 0.4) is 0 Å². The van der Waals surface area contributed by atoms with Crippen molar-refractivity contribution >= 4 is 6.03 Å². The van der Waals surface area contributed by atoms with E-state index < -0.39 is 94.0 Å². The highest BCUT2D eigenvalue weighted by Crippen LogP contribution is 2.19. The average molecular weight is 446 g/mol. The maximum atomic E-state index is 14.2. The second-order valence-corrected chi connectivity index (χ2v) is 6.80. The van der Waals surface area contributed by atoms with Crippen LogP contribution in [0.25, 0.3) is 0 Å². The van der Waals surface area contributed by atoms with E-state index in [-0.39, 0.29) is 37.1 Å². The summed E-state index contributed by atoms with van der Waals surface area (Å²) < 4.78 is 160. The van der Waals surface area contributed by atoms with Crippen molar-refractivity contribution in [2.24, 2.45) is 5.89 Å². The normalized spacial score (nSPS) is 26.1. The lowest BCUT2D eigenvalue weighted by Gasteiger charge is -2.37. The van der Waals surface area contributed by atoms with Gasteiger partial charge in [0.05, 0.1) is 17.5 Å². The number of halogens is 1. The monoisotopic (exact) mass is 445 g/mol. The molecule has 2 aromatic rings. The summed E-state index contributed by atoms with van der Waals surface area (Å²) in [7, 11) is 0. The van der Waals surface area contributed by atoms with Gasteiger partial charge < -0.3 is 19.9 Å². The molecule has 0 unspecified atom stereocenters. The molecule has 1 fully saturated rings. The Balaban J connectivity index is 1.92. The minimum Gasteiger partial charge on any atom is -0.493 e. The van der Waals surface area contributed by atoms with E-state index in [1.807, 2.05) is 0 Å². The Bertz CT molecular complexity index is 1480. The van der Waals surface area contributed by atoms with Crippen LogP contribution in [0.5, 0.6) is 5.75 Å². The van der Waals surface area contributed by atoms with Gasteiger partial charge >= 0.3 is 6.03 Å². The molecule has 1 aliphatic heterocycles. The van der Waals surface area contributed by atoms with Crippen molar-refractivity contribution in [2.45, 2.75) is 45.6 Å². The first-order valence-corrected chi connectivity index (χ1v) is 9.45. The number of carbonyl (C=O) groups is 1. The minimum atomic E-state index is -3.72. The van der Waals surface area contributed by atoms with Gasteiger partial charge in [-0.05, 0) is 74.1 Å². The van der Waals surface area contributed by atoms with Gasteiger partial charge in [-0.15, -0.1) is 0 Å². The molecule has 0 atom stereocenters. The van der Waals surface area contributed by atoms with E-state index in [0.29, 0.717) is 0 Å². The summed E-state index contributed by atoms with van der Waals surface area (Å²) in [6.07, 6.45) is 0.131. The van der Waals surface area contributed by atoms with E-state index in [0.717, 1.165) is 29.2 Å². The summed E-state index contributed by atoms with van der Waals surface area (Å²) in [5.74, 6) is -5.59. The van der Waals surface area contributed by atoms with Crippen LogP contribution in [0, 0.1) is 11.7 Å². The van der Waals surface area contributed by atoms with Gasteiger partial charge in [-0.2, -0.15) is 0 Å². The van der Waals surface area contributed by atoms with Crippen molar-refractivity contribution in [3.63, 3.8) is 0 Å². The van der Waals surface area contributed by atoms with Crippen molar-refractivity contribution in [3.05, 3.63) is 65.4 Å². The van der Waals surface area contributed by atoms with Crippen molar-refractivity contribution in [1.29, 1.82) is 0 Å². The smallest absolute Gasteiger partial charge is 0.318 e. The van der Waals surface area contributed by atoms with Crippen molar-refractivity contribution in [1.82, 2.24) is 15.1 Å². The number of hydrogen-bond donors (Lipinski definition) is 1. The SMILES string of the molecule is [2H]c1c([2H])c(CN(C(=O)NC([2H])([2H])c2ccc(OC([2H])([2H])C([2H])(C([2H])([2H])[2H])C([2H])([2H])[2H])cc2)C2CCN(C([2H])([2H])[2H])CC2)c([2H])c([2H])c1F. The molecule has 168 valence electrons. The number of ether oxygens (including phenoxy) is 1. The predicted molar refractivity (Wildman–Crippen MR) is 121 cm³/mol. The van der Waals surface area contributed by atoms with E-state index in [1.165, 1.54) is 4.90 Å². The first-order valence-electron chi connectivity index (χ1n) is 18.4. The molecule has 1 saturated heterocycles. The Morgan fingerprint density at radius 2 is 2.00 bits per heavy atom. The standard InChI is InChI=1S/C25H34FN3O2/c1-19(2)18-31-24-10-6-20(7-11-24)16-27-25(30)29(23-12-14-28(3)15-13-23)17-21-4-8-22(26)9-5-21/h4-11,19,23H,12-18H2,1-3H3,(H,27,30)/i1D3,2D3,3D3,4D,5D,8D,9D,16D2,18D2,19D. The van der Waals surface area contributed by atoms with Crippen molar-refractivity contribution < 1.29 is 38.6 Å². The van der Waals surface area contributed by atoms with Gasteiger partial charge in [-0.25, -0.2) is 9.18 Å². The fraction of sp³-hybridized carbons (Fsp3) is 0.480. The molecule has 0 saturated carbocycles. The van der Waals surface area contributed by atoms with Crippen molar-refractivity contribution in [3.8, 4) is 5.75 Å². The molecule has 2 amide bonds. The summed E-state index contributed by atoms with van der Waals surface area (Å²) in [4.78, 5) is 15.9. The highest BCUT2D eigenvalue weighted by molar-refractivity contribution is 5.74. The Kier molecular flexibility index (Phi) is 3.27. The Labute approximate surface area is 210 Å². The number of amides is 2. The molecule has 3 rings (SSSR count). The Hall–Kier alpha value is -2.60. The Morgan fingerprint density at radius 1 is 1.29 bits per heavy atom. The molecule has 1 heterocycles. The number of urea groups is 1. The zero-order valence-corrected chi connectivity index (χ0v) is 16.5. The van der Waals surface area contributed by atoms with Crippen LogP contribution in [0.2, 0.25) is 0 Å². The first-order chi connectivity index (χ1) is 22.1. The molecule has 5 nitrogen and oxygen atoms in total. The van der Waals surface area contributed by atoms with Crippen LogP contribution in [0.4, 0.5) is 9.18 Å². The second kappa shape index (κ2) is 11.1. The van der Waals surface area contributed by atoms with Crippen LogP contribution in [0.1, 0.15) is 62.3 Å². The van der Waals surface area contributed by atoms with Gasteiger partial charge in [-0.3, -0.25) is 0 Å². The van der Waals surface area contributed by atoms with Gasteiger partial charge in [0.25, 0.3) is 0 Å². The van der Waals surface area contributed by atoms with Gasteiger partial charge in [0.2, 0.25) is 0 Å². The third-order valence-corrected chi connectivity index (χ3v) is 4.58. The van der Waals surface area contributed by atoms with Gasteiger partial charge in [0.1, 0.15) is 11.6 Å². The van der Waals surface area contributed by atoms with Crippen molar-refractivity contribution in [2.75, 3.05) is 26.6 Å². The summed E-state index contributed by atoms with van der Waals surface area (Å²) >= 11 is 0. The number of rotatable bonds is 8. The zero-order valence-electron chi connectivity index (χ0n) is 34.5. The van der Waals surface area contributed by atoms with Gasteiger partial charge in [0, 0.05) is 32.8 Å². The summed E-state index contributed by atoms with van der Waals surface area (Å²) in [5.41, 5.74) is -0.624. The molecule has 1 aliphatic rings. The number of nitrogens with zero attached hydrogens (tertiary/aromatic N) is 2. The molecule has 2 aromatic carbocycles. The van der Waals surface area contributed by atoms with E-state index in [2.05, 4.69) is 5.32 Å². The van der Waals surface area contributed by atoms with Crippen LogP contribution in [-0.4, -0.2) is 48.5 Å². The molecule has 0 spiro atoms. The van der Waals surface area contributed by atoms with E-state index in [9.17, 15) is 9.18 Å². The molecule has 0 radical (unpaired) electrons. The van der Waals surface area contributed by atoms with Gasteiger partial charge in [0.15, 0.2) is 0 Å². The third kappa shape index (κ3) is 7.24. The number of carbonyl (C=O) groups excluding carboxylic acids is 1. The van der Waals surface area contributed by atoms with Crippen LogP contribution in [-0.2, 0) is 13.0 Å². The maximum absolute atomic E-state index is 14.2. The quantitative estimate of drug-likeness (QED) is 0.642. The van der Waals surface area contributed by atoms with Crippen LogP contribution < -0.4 is 10.1 Å². The topological polar surface area (TPSA) is 44.8 Å². The highest BCUT2D eigenvalue weighted by atomic mass is 19.1. The second-order valence-electron chi connectivity index (χ2n) is 6.80. The number of likely N-dealkylation sites (tertiary alicyclic amines) is 1. The zero-order chi connectivity index (χ0) is 37.7. The molecular formula is C25H34FN3O2. The highest BCUT2D eigenvalue weighted by Gasteiger charge is 2.27. The number of piperidine rings is 1. The number of benzene rings is 2. The fourth-order valence-electron chi connectivity index (χ4n) is 3.03. The average Bonchev–Trinajstić information content (AvgIpc) is 2.97. The summed E-state index contributed by atoms with van der Waals surface area (Å²) in [5, 5.41) is 2.15. The van der Waals surface area contributed by atoms with E-state index in [1.54, 1.807) is 0 Å². The lowest BCUT2D eigenvalue weighted by Crippen LogP contribution is -2.49. The number of hydrogen-bond acceptors (Lipinski definition) is 3. The first kappa shape index (κ1) is 9.10. The lowest BCUT2D eigenvalue weighted by atomic mass is 10.0. The predicted octanol–water partition coefficient (Wildman–Crippen LogP) is 4.67. The maximum Gasteiger partial charge on any atom is 0.318 e. The van der Waals surface area contributed by atoms with E-state index >= 15 is 0 Å². The van der Waals surface area contributed by atoms with Crippen LogP contribution >= 0.6 is 0 Å². The lowest BCUT2D eigenvalue weighted by molar-refractivity contribution is 0.127. The molecule has 0 aromatic heterocycles. The molecule has 31 heavy (non-hydrogen) atoms. The molecular weight excluding hydrogens is 393 g/mol. The Morgan fingerprint density at radius 3 is 2.65 bits per heavy atom. The number of nitrogens with one attached hydrogen (secondary N) is 1. The summed E-state index contributed by atoms with van der Waals surface area (Å²) in [6.45, 7) is -16.7. The molecule has 6 heteroatoms. The minimum absolute atomic E-state index is 0.00573. The van der Waals surface area contributed by atoms with E-state index in [4.69, 9.17) is 29.4 Å². The summed E-state index contributed by atoms with van der Waals surface area (Å²) in [6, 6.07) is -1.40. The molecule has 0 bridgehead atoms. The molecule has 1 N–H and O–H groups in total. The fourth-order valence-corrected chi connectivity index (χ4v) is 3.03. The van der Waals surface area contributed by atoms with Crippen LogP contribution in [0.15, 0.2) is 48.4 Å². The third-order valence-electron chi connectivity index (χ3n) is 4.58.